The maximum Gasteiger partial charge on any atom is 0.379 e. The van der Waals surface area contributed by atoms with Gasteiger partial charge >= 0.3 is 11.9 Å². The number of aliphatic carboxylic acids is 1. The van der Waals surface area contributed by atoms with Crippen LogP contribution in [0.1, 0.15) is 39.5 Å². The van der Waals surface area contributed by atoms with Crippen molar-refractivity contribution >= 4 is 23.6 Å². The van der Waals surface area contributed by atoms with Crippen LogP contribution in [0.2, 0.25) is 0 Å². The molecular weight excluding hydrogens is 418 g/mol. The fourth-order valence-electron chi connectivity index (χ4n) is 3.69. The Kier molecular flexibility index (Phi) is 5.89. The van der Waals surface area contributed by atoms with Gasteiger partial charge in [0.05, 0.1) is 31.0 Å². The Morgan fingerprint density at radius 1 is 1.03 bits per heavy atom. The van der Waals surface area contributed by atoms with Crippen LogP contribution in [-0.2, 0) is 16.1 Å². The minimum absolute atomic E-state index is 0.0485. The summed E-state index contributed by atoms with van der Waals surface area (Å²) in [5, 5.41) is 9.56. The first-order valence-electron chi connectivity index (χ1n) is 9.86. The monoisotopic (exact) mass is 437 g/mol. The van der Waals surface area contributed by atoms with E-state index in [4.69, 9.17) is 13.6 Å². The van der Waals surface area contributed by atoms with Gasteiger partial charge < -0.3 is 23.6 Å². The Hall–Kier alpha value is -4.14. The largest absolute Gasteiger partial charge is 0.481 e. The number of nitrogens with zero attached hydrogens (tertiary/aromatic N) is 1. The Morgan fingerprint density at radius 2 is 1.75 bits per heavy atom. The predicted octanol–water partition coefficient (Wildman–Crippen LogP) is 3.17. The second-order valence-corrected chi connectivity index (χ2v) is 7.34. The van der Waals surface area contributed by atoms with Gasteiger partial charge in [0, 0.05) is 18.4 Å². The van der Waals surface area contributed by atoms with E-state index in [0.717, 1.165) is 0 Å². The van der Waals surface area contributed by atoms with Crippen LogP contribution in [-0.4, -0.2) is 39.7 Å². The maximum absolute atomic E-state index is 12.9. The molecule has 32 heavy (non-hydrogen) atoms. The highest BCUT2D eigenvalue weighted by molar-refractivity contribution is 5.98. The molecule has 3 heterocycles. The molecule has 2 unspecified atom stereocenters. The molecule has 9 heteroatoms. The third kappa shape index (κ3) is 4.46. The van der Waals surface area contributed by atoms with Gasteiger partial charge in [0.1, 0.15) is 11.5 Å². The van der Waals surface area contributed by atoms with Crippen molar-refractivity contribution in [3.8, 4) is 5.75 Å². The summed E-state index contributed by atoms with van der Waals surface area (Å²) < 4.78 is 15.4. The van der Waals surface area contributed by atoms with Gasteiger partial charge in [-0.3, -0.25) is 14.4 Å². The fourth-order valence-corrected chi connectivity index (χ4v) is 3.69. The van der Waals surface area contributed by atoms with Crippen molar-refractivity contribution in [1.29, 1.82) is 0 Å². The van der Waals surface area contributed by atoms with Crippen LogP contribution in [0.15, 0.2) is 69.9 Å². The van der Waals surface area contributed by atoms with E-state index in [1.165, 1.54) is 47.8 Å². The van der Waals surface area contributed by atoms with Crippen LogP contribution in [0.5, 0.6) is 5.75 Å². The number of amides is 1. The summed E-state index contributed by atoms with van der Waals surface area (Å²) in [7, 11) is 0. The Balaban J connectivity index is 1.46. The molecule has 1 fully saturated rings. The number of hydrogen-bond donors (Lipinski definition) is 1. The van der Waals surface area contributed by atoms with E-state index in [2.05, 4.69) is 0 Å². The molecule has 1 aliphatic heterocycles. The minimum Gasteiger partial charge on any atom is -0.481 e. The second-order valence-electron chi connectivity index (χ2n) is 7.34. The number of carboxylic acid groups (broad SMARTS) is 1. The van der Waals surface area contributed by atoms with E-state index < -0.39 is 23.9 Å². The molecule has 0 saturated carbocycles. The topological polar surface area (TPSA) is 127 Å². The van der Waals surface area contributed by atoms with E-state index in [1.54, 1.807) is 18.2 Å². The van der Waals surface area contributed by atoms with Crippen molar-refractivity contribution in [1.82, 2.24) is 4.90 Å². The zero-order valence-corrected chi connectivity index (χ0v) is 16.8. The molecular formula is C23H19NO8. The van der Waals surface area contributed by atoms with Crippen molar-refractivity contribution in [2.45, 2.75) is 25.4 Å². The third-order valence-electron chi connectivity index (χ3n) is 5.31. The summed E-state index contributed by atoms with van der Waals surface area (Å²) in [5.41, 5.74) is 0.309. The van der Waals surface area contributed by atoms with Crippen LogP contribution in [0, 0.1) is 5.92 Å². The number of carboxylic acids is 1. The molecule has 3 aromatic rings. The van der Waals surface area contributed by atoms with Crippen molar-refractivity contribution in [2.24, 2.45) is 5.92 Å². The van der Waals surface area contributed by atoms with Crippen LogP contribution < -0.4 is 4.74 Å². The molecule has 4 rings (SSSR count). The van der Waals surface area contributed by atoms with Gasteiger partial charge in [0.2, 0.25) is 11.7 Å². The van der Waals surface area contributed by atoms with Crippen LogP contribution in [0.25, 0.3) is 0 Å². The molecule has 9 nitrogen and oxygen atoms in total. The molecule has 2 aromatic heterocycles. The summed E-state index contributed by atoms with van der Waals surface area (Å²) in [4.78, 5) is 50.3. The number of likely N-dealkylation sites (tertiary alicyclic amines) is 1. The molecule has 0 spiro atoms. The number of ketones is 1. The highest BCUT2D eigenvalue weighted by Crippen LogP contribution is 2.31. The molecule has 1 N–H and O–H groups in total. The zero-order chi connectivity index (χ0) is 22.7. The van der Waals surface area contributed by atoms with E-state index in [9.17, 15) is 24.3 Å². The number of esters is 1. The first kappa shape index (κ1) is 21.1. The van der Waals surface area contributed by atoms with Crippen LogP contribution in [0.4, 0.5) is 0 Å². The molecule has 1 amide bonds. The summed E-state index contributed by atoms with van der Waals surface area (Å²) >= 11 is 0. The van der Waals surface area contributed by atoms with E-state index in [1.807, 2.05) is 0 Å². The van der Waals surface area contributed by atoms with Crippen LogP contribution in [0.3, 0.4) is 0 Å². The number of ether oxygens (including phenoxy) is 1. The maximum atomic E-state index is 12.9. The zero-order valence-electron chi connectivity index (χ0n) is 16.8. The van der Waals surface area contributed by atoms with Gasteiger partial charge in [-0.25, -0.2) is 4.79 Å². The summed E-state index contributed by atoms with van der Waals surface area (Å²) in [6, 6.07) is 11.5. The Morgan fingerprint density at radius 3 is 2.38 bits per heavy atom. The van der Waals surface area contributed by atoms with Gasteiger partial charge in [0.25, 0.3) is 0 Å². The quantitative estimate of drug-likeness (QED) is 0.323. The molecule has 1 saturated heterocycles. The highest BCUT2D eigenvalue weighted by Gasteiger charge is 2.44. The summed E-state index contributed by atoms with van der Waals surface area (Å²) in [5.74, 6) is -2.68. The lowest BCUT2D eigenvalue weighted by Gasteiger charge is -2.25. The van der Waals surface area contributed by atoms with Gasteiger partial charge in [-0.1, -0.05) is 0 Å². The molecule has 2 atom stereocenters. The lowest BCUT2D eigenvalue weighted by molar-refractivity contribution is -0.142. The van der Waals surface area contributed by atoms with Crippen LogP contribution >= 0.6 is 0 Å². The van der Waals surface area contributed by atoms with E-state index in [0.29, 0.717) is 11.3 Å². The fraction of sp³-hybridized carbons (Fsp3) is 0.217. The first-order chi connectivity index (χ1) is 15.4. The highest BCUT2D eigenvalue weighted by atomic mass is 16.5. The number of benzene rings is 1. The van der Waals surface area contributed by atoms with Gasteiger partial charge in [-0.15, -0.1) is 0 Å². The number of hydrogen-bond acceptors (Lipinski definition) is 7. The normalized spacial score (nSPS) is 18.0. The second kappa shape index (κ2) is 8.93. The molecule has 0 aliphatic carbocycles. The number of Topliss-reactive ketones (excluding diaryl/α,β-unsaturated/α-hetero) is 1. The molecule has 164 valence electrons. The molecule has 0 bridgehead atoms. The van der Waals surface area contributed by atoms with Crippen molar-refractivity contribution in [3.05, 3.63) is 78.1 Å². The van der Waals surface area contributed by atoms with Crippen molar-refractivity contribution in [2.75, 3.05) is 0 Å². The summed E-state index contributed by atoms with van der Waals surface area (Å²) in [6.07, 6.45) is 2.49. The molecule has 1 aromatic carbocycles. The predicted molar refractivity (Wildman–Crippen MR) is 108 cm³/mol. The smallest absolute Gasteiger partial charge is 0.379 e. The lowest BCUT2D eigenvalue weighted by atomic mass is 9.93. The van der Waals surface area contributed by atoms with Gasteiger partial charge in [-0.05, 0) is 48.5 Å². The number of rotatable bonds is 8. The molecule has 0 radical (unpaired) electrons. The standard InChI is InChI=1S/C23H19NO8/c25-19(14-5-7-15(8-6-14)32-23(29)20-4-2-10-31-20)12-18-17(22(27)28)11-21(26)24(18)13-16-3-1-9-30-16/h1-10,17-18H,11-13H2,(H,27,28). The van der Waals surface area contributed by atoms with Gasteiger partial charge in [0.15, 0.2) is 5.78 Å². The van der Waals surface area contributed by atoms with E-state index in [-0.39, 0.29) is 42.6 Å². The third-order valence-corrected chi connectivity index (χ3v) is 5.31. The summed E-state index contributed by atoms with van der Waals surface area (Å²) in [6.45, 7) is 0.0925. The minimum atomic E-state index is -1.13. The van der Waals surface area contributed by atoms with Crippen molar-refractivity contribution in [3.63, 3.8) is 0 Å². The number of carbonyl (C=O) groups is 4. The average Bonchev–Trinajstić information content (AvgIpc) is 3.53. The molecule has 1 aliphatic rings. The van der Waals surface area contributed by atoms with Crippen molar-refractivity contribution < 1.29 is 37.9 Å². The van der Waals surface area contributed by atoms with Gasteiger partial charge in [-0.2, -0.15) is 0 Å². The van der Waals surface area contributed by atoms with E-state index >= 15 is 0 Å². The number of carbonyl (C=O) groups excluding carboxylic acids is 3. The average molecular weight is 437 g/mol. The first-order valence-corrected chi connectivity index (χ1v) is 9.86. The lowest BCUT2D eigenvalue weighted by Crippen LogP contribution is -2.38. The Labute approximate surface area is 182 Å². The Bertz CT molecular complexity index is 1120. The SMILES string of the molecule is O=C(CC1C(C(=O)O)CC(=O)N1Cc1ccco1)c1ccc(OC(=O)c2ccco2)cc1. The number of furan rings is 2.